The van der Waals surface area contributed by atoms with Crippen molar-refractivity contribution in [3.8, 4) is 0 Å². The minimum absolute atomic E-state index is 0.344. The van der Waals surface area contributed by atoms with E-state index < -0.39 is 0 Å². The predicted octanol–water partition coefficient (Wildman–Crippen LogP) is 3.33. The molecule has 0 radical (unpaired) electrons. The minimum Gasteiger partial charge on any atom is -0.377 e. The molecule has 2 rings (SSSR count). The van der Waals surface area contributed by atoms with Crippen LogP contribution >= 0.6 is 0 Å². The Kier molecular flexibility index (Phi) is 6.71. The first-order valence-corrected chi connectivity index (χ1v) is 8.67. The molecule has 0 saturated carbocycles. The molecule has 1 fully saturated rings. The van der Waals surface area contributed by atoms with Crippen LogP contribution in [0.15, 0.2) is 12.3 Å². The van der Waals surface area contributed by atoms with Crippen LogP contribution in [0.3, 0.4) is 0 Å². The van der Waals surface area contributed by atoms with Crippen molar-refractivity contribution >= 4 is 0 Å². The molecule has 4 nitrogen and oxygen atoms in total. The van der Waals surface area contributed by atoms with Gasteiger partial charge >= 0.3 is 0 Å². The molecular weight excluding hydrogens is 262 g/mol. The minimum atomic E-state index is 0.344. The maximum atomic E-state index is 5.96. The quantitative estimate of drug-likeness (QED) is 0.799. The van der Waals surface area contributed by atoms with Crippen molar-refractivity contribution in [3.05, 3.63) is 18.0 Å². The summed E-state index contributed by atoms with van der Waals surface area (Å²) in [6, 6.07) is 3.09. The van der Waals surface area contributed by atoms with Crippen molar-refractivity contribution in [1.82, 2.24) is 15.1 Å². The van der Waals surface area contributed by atoms with Gasteiger partial charge < -0.3 is 10.1 Å². The SMILES string of the molecule is CCNC(Cc1ccn(C(CC)CC)n1)C1CCCCO1. The van der Waals surface area contributed by atoms with E-state index in [1.165, 1.54) is 25.0 Å². The summed E-state index contributed by atoms with van der Waals surface area (Å²) in [6.45, 7) is 8.52. The number of rotatable bonds is 8. The fourth-order valence-corrected chi connectivity index (χ4v) is 3.26. The van der Waals surface area contributed by atoms with E-state index in [4.69, 9.17) is 9.84 Å². The zero-order valence-corrected chi connectivity index (χ0v) is 13.8. The van der Waals surface area contributed by atoms with Crippen LogP contribution < -0.4 is 5.32 Å². The van der Waals surface area contributed by atoms with Gasteiger partial charge in [0.1, 0.15) is 0 Å². The first kappa shape index (κ1) is 16.5. The Bertz CT molecular complexity index is 394. The molecule has 21 heavy (non-hydrogen) atoms. The van der Waals surface area contributed by atoms with Crippen LogP contribution in [0.4, 0.5) is 0 Å². The molecule has 1 aliphatic rings. The van der Waals surface area contributed by atoms with Crippen LogP contribution in [0.5, 0.6) is 0 Å². The Morgan fingerprint density at radius 1 is 1.33 bits per heavy atom. The molecule has 1 saturated heterocycles. The second kappa shape index (κ2) is 8.54. The van der Waals surface area contributed by atoms with Crippen LogP contribution in [-0.4, -0.2) is 35.1 Å². The van der Waals surface area contributed by atoms with Gasteiger partial charge in [0.2, 0.25) is 0 Å². The number of aromatic nitrogens is 2. The molecule has 1 aromatic rings. The number of hydrogen-bond acceptors (Lipinski definition) is 3. The standard InChI is InChI=1S/C17H31N3O/c1-4-15(5-2)20-11-10-14(19-20)13-16(18-6-3)17-9-7-8-12-21-17/h10-11,15-18H,4-9,12-13H2,1-3H3. The fraction of sp³-hybridized carbons (Fsp3) is 0.824. The lowest BCUT2D eigenvalue weighted by Gasteiger charge is -2.30. The summed E-state index contributed by atoms with van der Waals surface area (Å²) in [6.07, 6.45) is 9.39. The summed E-state index contributed by atoms with van der Waals surface area (Å²) in [5.74, 6) is 0. The average molecular weight is 293 g/mol. The molecule has 1 N–H and O–H groups in total. The molecule has 4 heteroatoms. The molecule has 0 aliphatic carbocycles. The van der Waals surface area contributed by atoms with Crippen LogP contribution in [0.2, 0.25) is 0 Å². The van der Waals surface area contributed by atoms with Gasteiger partial charge in [-0.05, 0) is 44.7 Å². The van der Waals surface area contributed by atoms with Gasteiger partial charge in [-0.2, -0.15) is 5.10 Å². The van der Waals surface area contributed by atoms with Crippen molar-refractivity contribution in [2.24, 2.45) is 0 Å². The first-order valence-electron chi connectivity index (χ1n) is 8.67. The van der Waals surface area contributed by atoms with E-state index in [-0.39, 0.29) is 0 Å². The fourth-order valence-electron chi connectivity index (χ4n) is 3.26. The highest BCUT2D eigenvalue weighted by Crippen LogP contribution is 2.19. The predicted molar refractivity (Wildman–Crippen MR) is 86.6 cm³/mol. The number of nitrogens with zero attached hydrogens (tertiary/aromatic N) is 2. The molecule has 2 heterocycles. The highest BCUT2D eigenvalue weighted by molar-refractivity contribution is 5.03. The molecule has 120 valence electrons. The van der Waals surface area contributed by atoms with Crippen LogP contribution in [-0.2, 0) is 11.2 Å². The van der Waals surface area contributed by atoms with E-state index in [0.717, 1.165) is 32.4 Å². The molecule has 1 aromatic heterocycles. The summed E-state index contributed by atoms with van der Waals surface area (Å²) in [4.78, 5) is 0. The molecule has 2 atom stereocenters. The van der Waals surface area contributed by atoms with Crippen molar-refractivity contribution in [1.29, 1.82) is 0 Å². The van der Waals surface area contributed by atoms with Crippen LogP contribution in [0.1, 0.15) is 64.6 Å². The Balaban J connectivity index is 1.99. The van der Waals surface area contributed by atoms with Gasteiger partial charge in [-0.15, -0.1) is 0 Å². The molecule has 0 amide bonds. The third-order valence-electron chi connectivity index (χ3n) is 4.54. The average Bonchev–Trinajstić information content (AvgIpc) is 2.97. The summed E-state index contributed by atoms with van der Waals surface area (Å²) < 4.78 is 8.10. The zero-order valence-electron chi connectivity index (χ0n) is 13.8. The lowest BCUT2D eigenvalue weighted by Crippen LogP contribution is -2.44. The lowest BCUT2D eigenvalue weighted by atomic mass is 9.98. The highest BCUT2D eigenvalue weighted by Gasteiger charge is 2.24. The Hall–Kier alpha value is -0.870. The number of nitrogens with one attached hydrogen (secondary N) is 1. The van der Waals surface area contributed by atoms with E-state index in [0.29, 0.717) is 18.2 Å². The second-order valence-electron chi connectivity index (χ2n) is 6.03. The van der Waals surface area contributed by atoms with Crippen LogP contribution in [0.25, 0.3) is 0 Å². The first-order chi connectivity index (χ1) is 10.3. The molecule has 1 aliphatic heterocycles. The molecule has 0 aromatic carbocycles. The van der Waals surface area contributed by atoms with Gasteiger partial charge in [-0.1, -0.05) is 20.8 Å². The molecule has 0 bridgehead atoms. The lowest BCUT2D eigenvalue weighted by molar-refractivity contribution is -0.00731. The third-order valence-corrected chi connectivity index (χ3v) is 4.54. The molecular formula is C17H31N3O. The summed E-state index contributed by atoms with van der Waals surface area (Å²) in [5, 5.41) is 8.38. The van der Waals surface area contributed by atoms with Gasteiger partial charge in [0.25, 0.3) is 0 Å². The van der Waals surface area contributed by atoms with Crippen molar-refractivity contribution in [3.63, 3.8) is 0 Å². The summed E-state index contributed by atoms with van der Waals surface area (Å²) in [7, 11) is 0. The maximum Gasteiger partial charge on any atom is 0.0731 e. The number of likely N-dealkylation sites (N-methyl/N-ethyl adjacent to an activating group) is 1. The Labute approximate surface area is 129 Å². The van der Waals surface area contributed by atoms with E-state index in [1.54, 1.807) is 0 Å². The van der Waals surface area contributed by atoms with Crippen LogP contribution in [0, 0.1) is 0 Å². The summed E-state index contributed by atoms with van der Waals surface area (Å²) in [5.41, 5.74) is 1.18. The highest BCUT2D eigenvalue weighted by atomic mass is 16.5. The van der Waals surface area contributed by atoms with Crippen molar-refractivity contribution in [2.75, 3.05) is 13.2 Å². The number of ether oxygens (including phenoxy) is 1. The largest absolute Gasteiger partial charge is 0.377 e. The van der Waals surface area contributed by atoms with Gasteiger partial charge in [0.15, 0.2) is 0 Å². The Morgan fingerprint density at radius 2 is 2.14 bits per heavy atom. The van der Waals surface area contributed by atoms with Crippen molar-refractivity contribution < 1.29 is 4.74 Å². The number of hydrogen-bond donors (Lipinski definition) is 1. The zero-order chi connectivity index (χ0) is 15.1. The van der Waals surface area contributed by atoms with E-state index in [9.17, 15) is 0 Å². The summed E-state index contributed by atoms with van der Waals surface area (Å²) >= 11 is 0. The van der Waals surface area contributed by atoms with E-state index >= 15 is 0 Å². The van der Waals surface area contributed by atoms with E-state index in [2.05, 4.69) is 43.0 Å². The maximum absolute atomic E-state index is 5.96. The Morgan fingerprint density at radius 3 is 2.76 bits per heavy atom. The molecule has 0 spiro atoms. The molecule has 2 unspecified atom stereocenters. The van der Waals surface area contributed by atoms with Gasteiger partial charge in [0.05, 0.1) is 17.8 Å². The topological polar surface area (TPSA) is 39.1 Å². The van der Waals surface area contributed by atoms with Gasteiger partial charge in [-0.3, -0.25) is 4.68 Å². The monoisotopic (exact) mass is 293 g/mol. The smallest absolute Gasteiger partial charge is 0.0731 e. The van der Waals surface area contributed by atoms with Gasteiger partial charge in [0, 0.05) is 25.3 Å². The third kappa shape index (κ3) is 4.55. The van der Waals surface area contributed by atoms with Gasteiger partial charge in [-0.25, -0.2) is 0 Å². The second-order valence-corrected chi connectivity index (χ2v) is 6.03. The van der Waals surface area contributed by atoms with Crippen molar-refractivity contribution in [2.45, 2.75) is 77.5 Å². The normalized spacial score (nSPS) is 20.9. The van der Waals surface area contributed by atoms with E-state index in [1.807, 2.05) is 0 Å².